The zero-order valence-corrected chi connectivity index (χ0v) is 12.0. The molecule has 1 aromatic rings. The van der Waals surface area contributed by atoms with Gasteiger partial charge in [0.15, 0.2) is 0 Å². The van der Waals surface area contributed by atoms with Gasteiger partial charge < -0.3 is 10.6 Å². The number of benzene rings is 1. The molecule has 0 saturated heterocycles. The van der Waals surface area contributed by atoms with E-state index in [0.29, 0.717) is 11.7 Å². The van der Waals surface area contributed by atoms with Crippen LogP contribution in [-0.4, -0.2) is 13.1 Å². The number of nitrogens with two attached hydrogens (primary N) is 1. The Bertz CT molecular complexity index is 409. The first kappa shape index (κ1) is 14.3. The minimum absolute atomic E-state index is 0.140. The van der Waals surface area contributed by atoms with Crippen molar-refractivity contribution in [1.82, 2.24) is 0 Å². The van der Waals surface area contributed by atoms with Gasteiger partial charge in [0.1, 0.15) is 5.82 Å². The van der Waals surface area contributed by atoms with Crippen molar-refractivity contribution in [3.05, 3.63) is 29.6 Å². The summed E-state index contributed by atoms with van der Waals surface area (Å²) in [5.74, 6) is -0.151. The molecule has 0 spiro atoms. The monoisotopic (exact) mass is 264 g/mol. The van der Waals surface area contributed by atoms with Gasteiger partial charge in [-0.1, -0.05) is 37.8 Å². The lowest BCUT2D eigenvalue weighted by atomic mass is 10.0. The highest BCUT2D eigenvalue weighted by Gasteiger charge is 2.22. The van der Waals surface area contributed by atoms with Crippen LogP contribution in [0.15, 0.2) is 18.2 Å². The van der Waals surface area contributed by atoms with Crippen molar-refractivity contribution < 1.29 is 4.39 Å². The van der Waals surface area contributed by atoms with E-state index >= 15 is 0 Å². The average Bonchev–Trinajstić information content (AvgIpc) is 2.66. The molecule has 0 aromatic heterocycles. The quantitative estimate of drug-likeness (QED) is 0.836. The van der Waals surface area contributed by atoms with E-state index in [1.165, 1.54) is 31.7 Å². The minimum Gasteiger partial charge on any atom is -0.369 e. The molecule has 0 radical (unpaired) electrons. The summed E-state index contributed by atoms with van der Waals surface area (Å²) in [7, 11) is 2.01. The van der Waals surface area contributed by atoms with Crippen LogP contribution in [0.5, 0.6) is 0 Å². The first-order valence-corrected chi connectivity index (χ1v) is 7.38. The van der Waals surface area contributed by atoms with Gasteiger partial charge in [-0.3, -0.25) is 0 Å². The summed E-state index contributed by atoms with van der Waals surface area (Å²) in [5.41, 5.74) is 7.60. The SMILES string of the molecule is C[C@H](N)c1cccc(F)c1N(C)C1CCCCCC1. The predicted octanol–water partition coefficient (Wildman–Crippen LogP) is 4.00. The number of nitrogens with zero attached hydrogens (tertiary/aromatic N) is 1. The fourth-order valence-electron chi connectivity index (χ4n) is 3.10. The Morgan fingerprint density at radius 3 is 2.42 bits per heavy atom. The number of halogens is 1. The average molecular weight is 264 g/mol. The van der Waals surface area contributed by atoms with Gasteiger partial charge in [-0.15, -0.1) is 0 Å². The topological polar surface area (TPSA) is 29.3 Å². The van der Waals surface area contributed by atoms with Crippen LogP contribution in [0.2, 0.25) is 0 Å². The van der Waals surface area contributed by atoms with Gasteiger partial charge in [-0.2, -0.15) is 0 Å². The summed E-state index contributed by atoms with van der Waals surface area (Å²) < 4.78 is 14.2. The molecule has 1 atom stereocenters. The molecule has 1 aromatic carbocycles. The van der Waals surface area contributed by atoms with Gasteiger partial charge in [-0.05, 0) is 31.4 Å². The second-order valence-electron chi connectivity index (χ2n) is 5.72. The van der Waals surface area contributed by atoms with Crippen molar-refractivity contribution >= 4 is 5.69 Å². The van der Waals surface area contributed by atoms with E-state index in [2.05, 4.69) is 4.90 Å². The molecule has 0 bridgehead atoms. The maximum Gasteiger partial charge on any atom is 0.146 e. The fraction of sp³-hybridized carbons (Fsp3) is 0.625. The Kier molecular flexibility index (Phi) is 4.81. The number of hydrogen-bond donors (Lipinski definition) is 1. The fourth-order valence-corrected chi connectivity index (χ4v) is 3.10. The normalized spacial score (nSPS) is 18.9. The summed E-state index contributed by atoms with van der Waals surface area (Å²) in [6.07, 6.45) is 7.42. The van der Waals surface area contributed by atoms with Crippen LogP contribution >= 0.6 is 0 Å². The third-order valence-electron chi connectivity index (χ3n) is 4.23. The second kappa shape index (κ2) is 6.38. The van der Waals surface area contributed by atoms with E-state index in [1.807, 2.05) is 20.0 Å². The van der Waals surface area contributed by atoms with Gasteiger partial charge in [0.05, 0.1) is 5.69 Å². The Hall–Kier alpha value is -1.09. The Morgan fingerprint density at radius 2 is 1.84 bits per heavy atom. The van der Waals surface area contributed by atoms with Crippen molar-refractivity contribution in [1.29, 1.82) is 0 Å². The molecule has 1 aliphatic rings. The molecule has 2 N–H and O–H groups in total. The molecular formula is C16H25FN2. The van der Waals surface area contributed by atoms with Crippen LogP contribution in [0.3, 0.4) is 0 Å². The maximum absolute atomic E-state index is 14.2. The van der Waals surface area contributed by atoms with E-state index in [4.69, 9.17) is 5.73 Å². The first-order valence-electron chi connectivity index (χ1n) is 7.38. The van der Waals surface area contributed by atoms with Crippen molar-refractivity contribution in [2.45, 2.75) is 57.5 Å². The highest BCUT2D eigenvalue weighted by molar-refractivity contribution is 5.56. The smallest absolute Gasteiger partial charge is 0.146 e. The minimum atomic E-state index is -0.151. The van der Waals surface area contributed by atoms with Crippen LogP contribution in [0.1, 0.15) is 57.1 Å². The van der Waals surface area contributed by atoms with E-state index in [-0.39, 0.29) is 11.9 Å². The maximum atomic E-state index is 14.2. The first-order chi connectivity index (χ1) is 9.11. The molecule has 3 heteroatoms. The van der Waals surface area contributed by atoms with Gasteiger partial charge in [-0.25, -0.2) is 4.39 Å². The predicted molar refractivity (Wildman–Crippen MR) is 78.9 cm³/mol. The largest absolute Gasteiger partial charge is 0.369 e. The number of anilines is 1. The Balaban J connectivity index is 2.28. The zero-order valence-electron chi connectivity index (χ0n) is 12.0. The molecule has 1 aliphatic carbocycles. The molecule has 0 unspecified atom stereocenters. The van der Waals surface area contributed by atoms with Crippen LogP contribution in [0, 0.1) is 5.82 Å². The number of para-hydroxylation sites is 1. The molecule has 2 rings (SSSR count). The molecule has 0 amide bonds. The standard InChI is InChI=1S/C16H25FN2/c1-12(18)14-10-7-11-15(17)16(14)19(2)13-8-5-3-4-6-9-13/h7,10-13H,3-6,8-9,18H2,1-2H3/t12-/m0/s1. The molecule has 1 saturated carbocycles. The molecule has 106 valence electrons. The third-order valence-corrected chi connectivity index (χ3v) is 4.23. The van der Waals surface area contributed by atoms with E-state index < -0.39 is 0 Å². The second-order valence-corrected chi connectivity index (χ2v) is 5.72. The third kappa shape index (κ3) is 3.27. The van der Waals surface area contributed by atoms with Crippen LogP contribution < -0.4 is 10.6 Å². The molecule has 19 heavy (non-hydrogen) atoms. The van der Waals surface area contributed by atoms with Gasteiger partial charge >= 0.3 is 0 Å². The van der Waals surface area contributed by atoms with Crippen LogP contribution in [-0.2, 0) is 0 Å². The van der Waals surface area contributed by atoms with Gasteiger partial charge in [0.2, 0.25) is 0 Å². The Labute approximate surface area is 115 Å². The lowest BCUT2D eigenvalue weighted by Gasteiger charge is -2.32. The highest BCUT2D eigenvalue weighted by atomic mass is 19.1. The summed E-state index contributed by atoms with van der Waals surface area (Å²) in [6, 6.07) is 5.53. The molecule has 0 heterocycles. The van der Waals surface area contributed by atoms with Crippen molar-refractivity contribution in [3.63, 3.8) is 0 Å². The van der Waals surface area contributed by atoms with Gasteiger partial charge in [0, 0.05) is 19.1 Å². The van der Waals surface area contributed by atoms with E-state index in [1.54, 1.807) is 6.07 Å². The molecular weight excluding hydrogens is 239 g/mol. The molecule has 2 nitrogen and oxygen atoms in total. The lowest BCUT2D eigenvalue weighted by molar-refractivity contribution is 0.534. The van der Waals surface area contributed by atoms with E-state index in [0.717, 1.165) is 18.4 Å². The summed E-state index contributed by atoms with van der Waals surface area (Å²) in [5, 5.41) is 0. The van der Waals surface area contributed by atoms with Gasteiger partial charge in [0.25, 0.3) is 0 Å². The Morgan fingerprint density at radius 1 is 1.21 bits per heavy atom. The van der Waals surface area contributed by atoms with Crippen LogP contribution in [0.25, 0.3) is 0 Å². The lowest BCUT2D eigenvalue weighted by Crippen LogP contribution is -2.33. The van der Waals surface area contributed by atoms with Crippen molar-refractivity contribution in [2.24, 2.45) is 5.73 Å². The number of rotatable bonds is 3. The molecule has 0 aliphatic heterocycles. The van der Waals surface area contributed by atoms with Crippen molar-refractivity contribution in [2.75, 3.05) is 11.9 Å². The van der Waals surface area contributed by atoms with E-state index in [9.17, 15) is 4.39 Å². The van der Waals surface area contributed by atoms with Crippen LogP contribution in [0.4, 0.5) is 10.1 Å². The summed E-state index contributed by atoms with van der Waals surface area (Å²) >= 11 is 0. The number of hydrogen-bond acceptors (Lipinski definition) is 2. The molecule has 1 fully saturated rings. The summed E-state index contributed by atoms with van der Waals surface area (Å²) in [6.45, 7) is 1.92. The zero-order chi connectivity index (χ0) is 13.8. The highest BCUT2D eigenvalue weighted by Crippen LogP contribution is 2.32. The van der Waals surface area contributed by atoms with Crippen molar-refractivity contribution in [3.8, 4) is 0 Å². The summed E-state index contributed by atoms with van der Waals surface area (Å²) in [4.78, 5) is 2.12.